The SMILES string of the molecule is CC1=CC[C@H]2CN(C(=O)Cn3cc(C(F)(F)F)ccc3=O)C[C@H]2C1. The van der Waals surface area contributed by atoms with Gasteiger partial charge < -0.3 is 9.47 Å². The summed E-state index contributed by atoms with van der Waals surface area (Å²) >= 11 is 0. The first kappa shape index (κ1) is 16.8. The molecule has 4 nitrogen and oxygen atoms in total. The number of aromatic nitrogens is 1. The van der Waals surface area contributed by atoms with E-state index in [-0.39, 0.29) is 12.5 Å². The molecule has 2 heterocycles. The Morgan fingerprint density at radius 1 is 1.25 bits per heavy atom. The van der Waals surface area contributed by atoms with E-state index in [2.05, 4.69) is 13.0 Å². The number of hydrogen-bond donors (Lipinski definition) is 0. The number of allylic oxidation sites excluding steroid dienone is 2. The van der Waals surface area contributed by atoms with Gasteiger partial charge in [-0.15, -0.1) is 0 Å². The van der Waals surface area contributed by atoms with Crippen LogP contribution in [0.2, 0.25) is 0 Å². The van der Waals surface area contributed by atoms with Crippen LogP contribution in [0.4, 0.5) is 13.2 Å². The molecule has 130 valence electrons. The highest BCUT2D eigenvalue weighted by atomic mass is 19.4. The minimum Gasteiger partial charge on any atom is -0.341 e. The van der Waals surface area contributed by atoms with Crippen molar-refractivity contribution in [3.63, 3.8) is 0 Å². The van der Waals surface area contributed by atoms with Gasteiger partial charge in [-0.2, -0.15) is 13.2 Å². The molecular weight excluding hydrogens is 321 g/mol. The predicted octanol–water partition coefficient (Wildman–Crippen LogP) is 2.68. The van der Waals surface area contributed by atoms with Gasteiger partial charge in [-0.1, -0.05) is 11.6 Å². The summed E-state index contributed by atoms with van der Waals surface area (Å²) in [4.78, 5) is 25.9. The van der Waals surface area contributed by atoms with Gasteiger partial charge in [0.1, 0.15) is 6.54 Å². The lowest BCUT2D eigenvalue weighted by Crippen LogP contribution is -2.35. The van der Waals surface area contributed by atoms with E-state index in [1.54, 1.807) is 4.90 Å². The molecular formula is C17H19F3N2O2. The molecule has 7 heteroatoms. The molecule has 1 aliphatic heterocycles. The van der Waals surface area contributed by atoms with E-state index in [0.717, 1.165) is 35.7 Å². The zero-order chi connectivity index (χ0) is 17.5. The molecule has 0 bridgehead atoms. The van der Waals surface area contributed by atoms with Crippen LogP contribution in [0, 0.1) is 11.8 Å². The maximum atomic E-state index is 12.8. The number of rotatable bonds is 2. The van der Waals surface area contributed by atoms with Crippen LogP contribution >= 0.6 is 0 Å². The van der Waals surface area contributed by atoms with Crippen LogP contribution in [-0.2, 0) is 17.5 Å². The zero-order valence-corrected chi connectivity index (χ0v) is 13.3. The monoisotopic (exact) mass is 340 g/mol. The van der Waals surface area contributed by atoms with Crippen molar-refractivity contribution in [1.29, 1.82) is 0 Å². The molecule has 2 atom stereocenters. The highest BCUT2D eigenvalue weighted by Gasteiger charge is 2.36. The van der Waals surface area contributed by atoms with E-state index in [1.807, 2.05) is 0 Å². The van der Waals surface area contributed by atoms with Crippen LogP contribution in [0.1, 0.15) is 25.3 Å². The fourth-order valence-electron chi connectivity index (χ4n) is 3.56. The number of carbonyl (C=O) groups is 1. The van der Waals surface area contributed by atoms with Gasteiger partial charge in [0.05, 0.1) is 5.56 Å². The number of pyridine rings is 1. The molecule has 2 aliphatic rings. The molecule has 1 fully saturated rings. The van der Waals surface area contributed by atoms with E-state index in [4.69, 9.17) is 0 Å². The van der Waals surface area contributed by atoms with E-state index >= 15 is 0 Å². The Balaban J connectivity index is 1.71. The Kier molecular flexibility index (Phi) is 4.27. The van der Waals surface area contributed by atoms with E-state index < -0.39 is 17.3 Å². The molecule has 0 aromatic carbocycles. The number of hydrogen-bond acceptors (Lipinski definition) is 2. The predicted molar refractivity (Wildman–Crippen MR) is 82.3 cm³/mol. The summed E-state index contributed by atoms with van der Waals surface area (Å²) in [5.41, 5.74) is -0.213. The third-order valence-corrected chi connectivity index (χ3v) is 4.90. The lowest BCUT2D eigenvalue weighted by Gasteiger charge is -2.21. The van der Waals surface area contributed by atoms with E-state index in [1.165, 1.54) is 5.57 Å². The van der Waals surface area contributed by atoms with Crippen LogP contribution in [-0.4, -0.2) is 28.5 Å². The third kappa shape index (κ3) is 3.39. The molecule has 1 amide bonds. The normalized spacial score (nSPS) is 23.8. The van der Waals surface area contributed by atoms with Crippen molar-refractivity contribution in [1.82, 2.24) is 9.47 Å². The first-order valence-corrected chi connectivity index (χ1v) is 7.95. The fourth-order valence-corrected chi connectivity index (χ4v) is 3.56. The molecule has 24 heavy (non-hydrogen) atoms. The Morgan fingerprint density at radius 2 is 1.96 bits per heavy atom. The quantitative estimate of drug-likeness (QED) is 0.777. The minimum atomic E-state index is -4.54. The molecule has 0 unspecified atom stereocenters. The minimum absolute atomic E-state index is 0.302. The summed E-state index contributed by atoms with van der Waals surface area (Å²) < 4.78 is 39.1. The maximum Gasteiger partial charge on any atom is 0.417 e. The van der Waals surface area contributed by atoms with Crippen LogP contribution in [0.15, 0.2) is 34.8 Å². The molecule has 0 spiro atoms. The van der Waals surface area contributed by atoms with E-state index in [9.17, 15) is 22.8 Å². The average Bonchev–Trinajstić information content (AvgIpc) is 2.91. The van der Waals surface area contributed by atoms with Crippen LogP contribution in [0.3, 0.4) is 0 Å². The number of fused-ring (bicyclic) bond motifs is 1. The van der Waals surface area contributed by atoms with Crippen LogP contribution in [0.5, 0.6) is 0 Å². The van der Waals surface area contributed by atoms with Gasteiger partial charge in [-0.3, -0.25) is 9.59 Å². The second-order valence-corrected chi connectivity index (χ2v) is 6.69. The first-order chi connectivity index (χ1) is 11.2. The zero-order valence-electron chi connectivity index (χ0n) is 13.3. The second kappa shape index (κ2) is 6.11. The van der Waals surface area contributed by atoms with Crippen LogP contribution in [0.25, 0.3) is 0 Å². The molecule has 0 radical (unpaired) electrons. The smallest absolute Gasteiger partial charge is 0.341 e. The van der Waals surface area contributed by atoms with Gasteiger partial charge in [0.2, 0.25) is 5.91 Å². The van der Waals surface area contributed by atoms with Gasteiger partial charge >= 0.3 is 6.18 Å². The summed E-state index contributed by atoms with van der Waals surface area (Å²) in [5.74, 6) is 0.525. The molecule has 0 saturated carbocycles. The third-order valence-electron chi connectivity index (χ3n) is 4.90. The Bertz CT molecular complexity index is 736. The summed E-state index contributed by atoms with van der Waals surface area (Å²) in [6, 6.07) is 1.59. The van der Waals surface area contributed by atoms with Crippen molar-refractivity contribution in [2.75, 3.05) is 13.1 Å². The fraction of sp³-hybridized carbons (Fsp3) is 0.529. The van der Waals surface area contributed by atoms with Gasteiger partial charge in [-0.05, 0) is 37.7 Å². The van der Waals surface area contributed by atoms with Crippen molar-refractivity contribution < 1.29 is 18.0 Å². The summed E-state index contributed by atoms with van der Waals surface area (Å²) in [7, 11) is 0. The van der Waals surface area contributed by atoms with Gasteiger partial charge in [0.25, 0.3) is 5.56 Å². The second-order valence-electron chi connectivity index (χ2n) is 6.69. The molecule has 1 saturated heterocycles. The van der Waals surface area contributed by atoms with Crippen molar-refractivity contribution in [2.24, 2.45) is 11.8 Å². The summed E-state index contributed by atoms with van der Waals surface area (Å²) in [6.45, 7) is 2.95. The number of alkyl halides is 3. The van der Waals surface area contributed by atoms with Gasteiger partial charge in [0, 0.05) is 25.4 Å². The Morgan fingerprint density at radius 3 is 2.67 bits per heavy atom. The number of likely N-dealkylation sites (tertiary alicyclic amines) is 1. The highest BCUT2D eigenvalue weighted by Crippen LogP contribution is 2.35. The largest absolute Gasteiger partial charge is 0.417 e. The lowest BCUT2D eigenvalue weighted by atomic mass is 9.83. The number of amides is 1. The van der Waals surface area contributed by atoms with Gasteiger partial charge in [-0.25, -0.2) is 0 Å². The number of halogens is 3. The summed E-state index contributed by atoms with van der Waals surface area (Å²) in [5, 5.41) is 0. The molecule has 0 N–H and O–H groups in total. The van der Waals surface area contributed by atoms with Crippen molar-refractivity contribution in [3.8, 4) is 0 Å². The highest BCUT2D eigenvalue weighted by molar-refractivity contribution is 5.76. The molecule has 1 aromatic heterocycles. The number of nitrogens with zero attached hydrogens (tertiary/aromatic N) is 2. The van der Waals surface area contributed by atoms with Crippen LogP contribution < -0.4 is 5.56 Å². The van der Waals surface area contributed by atoms with Crippen molar-refractivity contribution in [2.45, 2.75) is 32.5 Å². The Labute approximate surface area is 137 Å². The molecule has 3 rings (SSSR count). The first-order valence-electron chi connectivity index (χ1n) is 7.95. The van der Waals surface area contributed by atoms with Gasteiger partial charge in [0.15, 0.2) is 0 Å². The average molecular weight is 340 g/mol. The Hall–Kier alpha value is -2.05. The van der Waals surface area contributed by atoms with E-state index in [0.29, 0.717) is 24.9 Å². The van der Waals surface area contributed by atoms with Crippen molar-refractivity contribution >= 4 is 5.91 Å². The molecule has 1 aliphatic carbocycles. The number of carbonyl (C=O) groups excluding carboxylic acids is 1. The maximum absolute atomic E-state index is 12.8. The van der Waals surface area contributed by atoms with Crippen molar-refractivity contribution in [3.05, 3.63) is 45.9 Å². The lowest BCUT2D eigenvalue weighted by molar-refractivity contribution is -0.138. The standard InChI is InChI=1S/C17H19F3N2O2/c1-11-2-3-12-7-21(8-13(12)6-11)16(24)10-22-9-14(17(18,19)20)4-5-15(22)23/h2,4-5,9,12-13H,3,6-8,10H2,1H3/t12-,13+/m0/s1. The summed E-state index contributed by atoms with van der Waals surface area (Å²) in [6.07, 6.45) is 0.257. The molecule has 1 aromatic rings. The topological polar surface area (TPSA) is 42.3 Å².